The molecule has 29 heavy (non-hydrogen) atoms. The molecule has 7 heteroatoms. The topological polar surface area (TPSA) is 64.0 Å². The number of fused-ring (bicyclic) bond motifs is 4. The normalized spacial score (nSPS) is 29.8. The fourth-order valence-electron chi connectivity index (χ4n) is 5.36. The minimum atomic E-state index is -0.403. The number of likely N-dealkylation sites (tertiary alicyclic amines) is 1. The highest BCUT2D eigenvalue weighted by molar-refractivity contribution is 5.82. The van der Waals surface area contributed by atoms with Gasteiger partial charge in [0.05, 0.1) is 13.2 Å². The number of pyridine rings is 1. The van der Waals surface area contributed by atoms with Crippen LogP contribution < -0.4 is 5.56 Å². The average Bonchev–Trinajstić information content (AvgIpc) is 3.29. The van der Waals surface area contributed by atoms with Crippen LogP contribution in [0.2, 0.25) is 0 Å². The highest BCUT2D eigenvalue weighted by Crippen LogP contribution is 2.42. The van der Waals surface area contributed by atoms with Crippen LogP contribution in [-0.4, -0.2) is 72.5 Å². The number of ether oxygens (including phenoxy) is 2. The Bertz CT molecular complexity index is 837. The van der Waals surface area contributed by atoms with Crippen molar-refractivity contribution in [3.05, 3.63) is 46.4 Å². The molecule has 0 spiro atoms. The summed E-state index contributed by atoms with van der Waals surface area (Å²) in [5, 5.41) is 0. The van der Waals surface area contributed by atoms with Gasteiger partial charge in [-0.2, -0.15) is 0 Å². The number of hydrogen-bond donors (Lipinski definition) is 0. The van der Waals surface area contributed by atoms with Gasteiger partial charge in [-0.3, -0.25) is 14.2 Å². The van der Waals surface area contributed by atoms with Crippen molar-refractivity contribution in [1.82, 2.24) is 14.4 Å². The molecular formula is C22H29N3O4. The van der Waals surface area contributed by atoms with E-state index in [4.69, 9.17) is 9.47 Å². The third-order valence-corrected chi connectivity index (χ3v) is 6.68. The Labute approximate surface area is 170 Å². The zero-order valence-corrected chi connectivity index (χ0v) is 16.7. The van der Waals surface area contributed by atoms with Crippen LogP contribution in [-0.2, 0) is 14.3 Å². The summed E-state index contributed by atoms with van der Waals surface area (Å²) in [7, 11) is 0. The van der Waals surface area contributed by atoms with Gasteiger partial charge in [0.2, 0.25) is 5.91 Å². The second kappa shape index (κ2) is 8.05. The summed E-state index contributed by atoms with van der Waals surface area (Å²) in [6.45, 7) is 5.46. The first-order chi connectivity index (χ1) is 14.2. The van der Waals surface area contributed by atoms with Crippen LogP contribution in [0.5, 0.6) is 0 Å². The fourth-order valence-corrected chi connectivity index (χ4v) is 5.36. The number of nitrogens with zero attached hydrogens (tertiary/aromatic N) is 3. The number of aromatic nitrogens is 1. The molecule has 3 atom stereocenters. The van der Waals surface area contributed by atoms with E-state index in [2.05, 4.69) is 4.90 Å². The standard InChI is InChI=1S/C22H29N3O4/c26-19-6-3-5-18-16-13-17(21(25(18)19)22(27)24-8-1-2-9-24)15-23(14-16)10-7-20-28-11-4-12-29-20/h1-3,5-6,16-17,20-21H,4,7-15H2/t16-,17+,21-/m1/s1. The van der Waals surface area contributed by atoms with E-state index in [0.717, 1.165) is 57.8 Å². The van der Waals surface area contributed by atoms with Crippen molar-refractivity contribution in [3.63, 3.8) is 0 Å². The summed E-state index contributed by atoms with van der Waals surface area (Å²) in [6.07, 6.45) is 6.70. The molecule has 2 saturated heterocycles. The monoisotopic (exact) mass is 399 g/mol. The van der Waals surface area contributed by atoms with Gasteiger partial charge in [0.25, 0.3) is 5.56 Å². The van der Waals surface area contributed by atoms with E-state index in [0.29, 0.717) is 13.1 Å². The fraction of sp³-hybridized carbons (Fsp3) is 0.636. The van der Waals surface area contributed by atoms with Gasteiger partial charge in [-0.15, -0.1) is 0 Å². The first-order valence-corrected chi connectivity index (χ1v) is 10.8. The molecule has 0 saturated carbocycles. The molecule has 5 heterocycles. The van der Waals surface area contributed by atoms with Crippen molar-refractivity contribution in [2.24, 2.45) is 5.92 Å². The van der Waals surface area contributed by atoms with Gasteiger partial charge >= 0.3 is 0 Å². The van der Waals surface area contributed by atoms with E-state index in [-0.39, 0.29) is 29.6 Å². The Hall–Kier alpha value is -1.96. The predicted molar refractivity (Wildman–Crippen MR) is 108 cm³/mol. The van der Waals surface area contributed by atoms with Crippen LogP contribution in [0, 0.1) is 5.92 Å². The van der Waals surface area contributed by atoms with E-state index in [1.165, 1.54) is 0 Å². The molecule has 0 aliphatic carbocycles. The van der Waals surface area contributed by atoms with Crippen molar-refractivity contribution >= 4 is 5.91 Å². The summed E-state index contributed by atoms with van der Waals surface area (Å²) < 4.78 is 13.2. The number of amides is 1. The second-order valence-corrected chi connectivity index (χ2v) is 8.58. The van der Waals surface area contributed by atoms with Gasteiger partial charge in [0.1, 0.15) is 6.04 Å². The van der Waals surface area contributed by atoms with E-state index < -0.39 is 6.04 Å². The van der Waals surface area contributed by atoms with Gasteiger partial charge in [-0.05, 0) is 18.9 Å². The lowest BCUT2D eigenvalue weighted by Crippen LogP contribution is -2.54. The number of piperidine rings is 1. The molecule has 0 radical (unpaired) electrons. The molecule has 0 unspecified atom stereocenters. The van der Waals surface area contributed by atoms with Gasteiger partial charge in [0.15, 0.2) is 6.29 Å². The van der Waals surface area contributed by atoms with Gasteiger partial charge < -0.3 is 19.3 Å². The molecule has 156 valence electrons. The molecule has 0 aromatic carbocycles. The zero-order chi connectivity index (χ0) is 19.8. The van der Waals surface area contributed by atoms with Crippen molar-refractivity contribution in [2.45, 2.75) is 37.5 Å². The third kappa shape index (κ3) is 3.67. The van der Waals surface area contributed by atoms with Gasteiger partial charge in [0, 0.05) is 62.7 Å². The van der Waals surface area contributed by atoms with Crippen molar-refractivity contribution in [2.75, 3.05) is 45.9 Å². The lowest BCUT2D eigenvalue weighted by atomic mass is 9.78. The van der Waals surface area contributed by atoms with E-state index in [1.54, 1.807) is 10.6 Å². The minimum absolute atomic E-state index is 0.0554. The van der Waals surface area contributed by atoms with Gasteiger partial charge in [-0.25, -0.2) is 0 Å². The van der Waals surface area contributed by atoms with Crippen molar-refractivity contribution in [1.29, 1.82) is 0 Å². The number of hydrogen-bond acceptors (Lipinski definition) is 5. The van der Waals surface area contributed by atoms with Crippen LogP contribution in [0.15, 0.2) is 35.1 Å². The summed E-state index contributed by atoms with van der Waals surface area (Å²) in [6, 6.07) is 5.04. The van der Waals surface area contributed by atoms with Crippen molar-refractivity contribution in [3.8, 4) is 0 Å². The highest BCUT2D eigenvalue weighted by Gasteiger charge is 2.44. The third-order valence-electron chi connectivity index (χ3n) is 6.68. The molecule has 4 aliphatic rings. The SMILES string of the molecule is O=C([C@H]1[C@H]2C[C@H](CN(CCC3OCCCO3)C2)c2cccc(=O)n21)N1CC=CC1. The molecule has 2 fully saturated rings. The van der Waals surface area contributed by atoms with Crippen LogP contribution in [0.25, 0.3) is 0 Å². The Morgan fingerprint density at radius 2 is 1.90 bits per heavy atom. The zero-order valence-electron chi connectivity index (χ0n) is 16.7. The Morgan fingerprint density at radius 3 is 2.69 bits per heavy atom. The molecule has 0 N–H and O–H groups in total. The van der Waals surface area contributed by atoms with Crippen molar-refractivity contribution < 1.29 is 14.3 Å². The minimum Gasteiger partial charge on any atom is -0.353 e. The summed E-state index contributed by atoms with van der Waals surface area (Å²) in [4.78, 5) is 30.5. The number of carbonyl (C=O) groups is 1. The molecule has 1 amide bonds. The molecule has 7 nitrogen and oxygen atoms in total. The largest absolute Gasteiger partial charge is 0.353 e. The first-order valence-electron chi connectivity index (χ1n) is 10.8. The smallest absolute Gasteiger partial charge is 0.251 e. The second-order valence-electron chi connectivity index (χ2n) is 8.58. The molecule has 1 aromatic rings. The highest BCUT2D eigenvalue weighted by atomic mass is 16.7. The van der Waals surface area contributed by atoms with Crippen LogP contribution in [0.4, 0.5) is 0 Å². The Morgan fingerprint density at radius 1 is 1.10 bits per heavy atom. The Balaban J connectivity index is 1.38. The predicted octanol–water partition coefficient (Wildman–Crippen LogP) is 1.36. The quantitative estimate of drug-likeness (QED) is 0.716. The first kappa shape index (κ1) is 19.0. The maximum absolute atomic E-state index is 13.4. The lowest BCUT2D eigenvalue weighted by Gasteiger charge is -2.47. The summed E-state index contributed by atoms with van der Waals surface area (Å²) in [5.41, 5.74) is 0.953. The maximum Gasteiger partial charge on any atom is 0.251 e. The van der Waals surface area contributed by atoms with Crippen LogP contribution >= 0.6 is 0 Å². The number of carbonyl (C=O) groups excluding carboxylic acids is 1. The molecule has 4 aliphatic heterocycles. The van der Waals surface area contributed by atoms with E-state index in [1.807, 2.05) is 29.2 Å². The molecule has 2 bridgehead atoms. The Kier molecular flexibility index (Phi) is 5.28. The summed E-state index contributed by atoms with van der Waals surface area (Å²) >= 11 is 0. The summed E-state index contributed by atoms with van der Waals surface area (Å²) in [5.74, 6) is 0.521. The maximum atomic E-state index is 13.4. The van der Waals surface area contributed by atoms with E-state index >= 15 is 0 Å². The molecule has 5 rings (SSSR count). The van der Waals surface area contributed by atoms with Crippen LogP contribution in [0.3, 0.4) is 0 Å². The van der Waals surface area contributed by atoms with Gasteiger partial charge in [-0.1, -0.05) is 18.2 Å². The molecule has 1 aromatic heterocycles. The number of rotatable bonds is 4. The average molecular weight is 399 g/mol. The molecular weight excluding hydrogens is 370 g/mol. The van der Waals surface area contributed by atoms with Crippen LogP contribution in [0.1, 0.15) is 36.9 Å². The lowest BCUT2D eigenvalue weighted by molar-refractivity contribution is -0.183. The van der Waals surface area contributed by atoms with E-state index in [9.17, 15) is 9.59 Å².